The molecule has 0 saturated carbocycles. The number of hydroxylamine groups is 1. The molecule has 2 unspecified atom stereocenters. The molecule has 2 aromatic rings. The molecule has 0 aliphatic rings. The molecule has 0 bridgehead atoms. The second-order valence-corrected chi connectivity index (χ2v) is 5.01. The van der Waals surface area contributed by atoms with Gasteiger partial charge in [0.05, 0.1) is 0 Å². The number of nitrogens with two attached hydrogens (primary N) is 1. The van der Waals surface area contributed by atoms with Gasteiger partial charge in [0.25, 0.3) is 5.91 Å². The Morgan fingerprint density at radius 2 is 1.68 bits per heavy atom. The van der Waals surface area contributed by atoms with Crippen LogP contribution >= 0.6 is 0 Å². The van der Waals surface area contributed by atoms with Gasteiger partial charge in [-0.15, -0.1) is 0 Å². The summed E-state index contributed by atoms with van der Waals surface area (Å²) in [6, 6.07) is 17.9. The van der Waals surface area contributed by atoms with Gasteiger partial charge in [0.15, 0.2) is 11.9 Å². The first-order valence-corrected chi connectivity index (χ1v) is 7.16. The van der Waals surface area contributed by atoms with Crippen LogP contribution in [0.4, 0.5) is 0 Å². The summed E-state index contributed by atoms with van der Waals surface area (Å²) in [5, 5.41) is 9.93. The van der Waals surface area contributed by atoms with Crippen molar-refractivity contribution in [3.63, 3.8) is 0 Å². The van der Waals surface area contributed by atoms with Gasteiger partial charge < -0.3 is 15.7 Å². The van der Waals surface area contributed by atoms with Crippen molar-refractivity contribution in [1.29, 1.82) is 0 Å². The number of aliphatic hydroxyl groups is 1. The monoisotopic (exact) mass is 300 g/mol. The third kappa shape index (κ3) is 4.87. The second kappa shape index (κ2) is 8.17. The Balaban J connectivity index is 1.77. The molecule has 0 aromatic heterocycles. The van der Waals surface area contributed by atoms with Crippen LogP contribution in [0.15, 0.2) is 60.7 Å². The normalized spacial score (nSPS) is 13.2. The molecule has 0 aliphatic heterocycles. The first kappa shape index (κ1) is 16.0. The maximum Gasteiger partial charge on any atom is 0.282 e. The van der Waals surface area contributed by atoms with E-state index < -0.39 is 18.1 Å². The number of benzene rings is 2. The number of aliphatic hydroxyl groups excluding tert-OH is 1. The van der Waals surface area contributed by atoms with Crippen molar-refractivity contribution in [2.45, 2.75) is 25.0 Å². The zero-order valence-corrected chi connectivity index (χ0v) is 12.2. The zero-order chi connectivity index (χ0) is 15.8. The molecule has 0 radical (unpaired) electrons. The van der Waals surface area contributed by atoms with Crippen LogP contribution in [0.3, 0.4) is 0 Å². The number of carbonyl (C=O) groups excluding carboxylic acids is 1. The van der Waals surface area contributed by atoms with Crippen molar-refractivity contribution in [3.8, 4) is 5.75 Å². The number of hydrogen-bond donors (Lipinski definition) is 3. The van der Waals surface area contributed by atoms with Gasteiger partial charge in [-0.1, -0.05) is 48.5 Å². The molecule has 2 rings (SSSR count). The standard InChI is InChI=1S/C17H20N2O3/c18-15(12-11-13-7-3-1-4-8-13)16(20)17(21)19-22-14-9-5-2-6-10-14/h1-10,15-16,20H,11-12,18H2,(H,19,21). The highest BCUT2D eigenvalue weighted by molar-refractivity contribution is 5.80. The number of para-hydroxylation sites is 1. The van der Waals surface area contributed by atoms with Gasteiger partial charge in [-0.05, 0) is 30.5 Å². The third-order valence-electron chi connectivity index (χ3n) is 3.30. The Bertz CT molecular complexity index is 575. The number of rotatable bonds is 7. The summed E-state index contributed by atoms with van der Waals surface area (Å²) in [5.74, 6) is -0.162. The summed E-state index contributed by atoms with van der Waals surface area (Å²) in [4.78, 5) is 16.9. The Morgan fingerprint density at radius 1 is 1.09 bits per heavy atom. The van der Waals surface area contributed by atoms with E-state index in [1.54, 1.807) is 24.3 Å². The molecule has 5 heteroatoms. The van der Waals surface area contributed by atoms with Crippen LogP contribution in [0, 0.1) is 0 Å². The first-order chi connectivity index (χ1) is 10.7. The van der Waals surface area contributed by atoms with E-state index in [0.717, 1.165) is 5.56 Å². The van der Waals surface area contributed by atoms with Crippen molar-refractivity contribution < 1.29 is 14.7 Å². The highest BCUT2D eigenvalue weighted by atomic mass is 16.7. The minimum atomic E-state index is -1.31. The summed E-state index contributed by atoms with van der Waals surface area (Å²) < 4.78 is 0. The molecule has 0 heterocycles. The molecule has 2 aromatic carbocycles. The molecule has 0 aliphatic carbocycles. The van der Waals surface area contributed by atoms with E-state index >= 15 is 0 Å². The van der Waals surface area contributed by atoms with Crippen molar-refractivity contribution in [2.24, 2.45) is 5.73 Å². The molecule has 0 saturated heterocycles. The minimum absolute atomic E-state index is 0.487. The number of nitrogens with one attached hydrogen (secondary N) is 1. The minimum Gasteiger partial charge on any atom is -0.381 e. The Labute approximate surface area is 129 Å². The fourth-order valence-electron chi connectivity index (χ4n) is 1.99. The summed E-state index contributed by atoms with van der Waals surface area (Å²) in [6.45, 7) is 0. The van der Waals surface area contributed by atoms with Crippen LogP contribution in [0.25, 0.3) is 0 Å². The Hall–Kier alpha value is -2.37. The van der Waals surface area contributed by atoms with Crippen molar-refractivity contribution in [2.75, 3.05) is 0 Å². The predicted molar refractivity (Wildman–Crippen MR) is 84.0 cm³/mol. The maximum atomic E-state index is 11.8. The number of amides is 1. The van der Waals surface area contributed by atoms with E-state index in [9.17, 15) is 9.90 Å². The SMILES string of the molecule is NC(CCc1ccccc1)C(O)C(=O)NOc1ccccc1. The number of hydrogen-bond acceptors (Lipinski definition) is 4. The lowest BCUT2D eigenvalue weighted by Crippen LogP contribution is -2.47. The Kier molecular flexibility index (Phi) is 5.94. The van der Waals surface area contributed by atoms with Crippen molar-refractivity contribution >= 4 is 5.91 Å². The maximum absolute atomic E-state index is 11.8. The van der Waals surface area contributed by atoms with Gasteiger partial charge in [0.2, 0.25) is 0 Å². The van der Waals surface area contributed by atoms with Crippen LogP contribution in [0.2, 0.25) is 0 Å². The highest BCUT2D eigenvalue weighted by Crippen LogP contribution is 2.08. The molecule has 116 valence electrons. The van der Waals surface area contributed by atoms with Crippen LogP contribution in [-0.4, -0.2) is 23.2 Å². The summed E-state index contributed by atoms with van der Waals surface area (Å²) in [6.07, 6.45) is -0.108. The number of aryl methyl sites for hydroxylation is 1. The Morgan fingerprint density at radius 3 is 2.32 bits per heavy atom. The van der Waals surface area contributed by atoms with E-state index in [1.807, 2.05) is 36.4 Å². The predicted octanol–water partition coefficient (Wildman–Crippen LogP) is 1.42. The lowest BCUT2D eigenvalue weighted by atomic mass is 10.0. The molecular formula is C17H20N2O3. The average Bonchev–Trinajstić information content (AvgIpc) is 2.58. The molecule has 0 spiro atoms. The molecule has 0 fully saturated rings. The van der Waals surface area contributed by atoms with Crippen molar-refractivity contribution in [3.05, 3.63) is 66.2 Å². The van der Waals surface area contributed by atoms with Crippen molar-refractivity contribution in [1.82, 2.24) is 5.48 Å². The molecule has 2 atom stereocenters. The van der Waals surface area contributed by atoms with Crippen LogP contribution in [0.5, 0.6) is 5.75 Å². The third-order valence-corrected chi connectivity index (χ3v) is 3.30. The number of carbonyl (C=O) groups is 1. The summed E-state index contributed by atoms with van der Waals surface area (Å²) >= 11 is 0. The zero-order valence-electron chi connectivity index (χ0n) is 12.2. The van der Waals surface area contributed by atoms with E-state index in [-0.39, 0.29) is 0 Å². The molecule has 22 heavy (non-hydrogen) atoms. The molecule has 1 amide bonds. The lowest BCUT2D eigenvalue weighted by Gasteiger charge is -2.18. The fourth-order valence-corrected chi connectivity index (χ4v) is 1.99. The topological polar surface area (TPSA) is 84.6 Å². The van der Waals surface area contributed by atoms with Gasteiger partial charge in [0.1, 0.15) is 0 Å². The van der Waals surface area contributed by atoms with E-state index in [1.165, 1.54) is 0 Å². The highest BCUT2D eigenvalue weighted by Gasteiger charge is 2.23. The van der Waals surface area contributed by atoms with Gasteiger partial charge >= 0.3 is 0 Å². The first-order valence-electron chi connectivity index (χ1n) is 7.16. The largest absolute Gasteiger partial charge is 0.381 e. The smallest absolute Gasteiger partial charge is 0.282 e. The molecule has 4 N–H and O–H groups in total. The van der Waals surface area contributed by atoms with Gasteiger partial charge in [-0.3, -0.25) is 4.79 Å². The lowest BCUT2D eigenvalue weighted by molar-refractivity contribution is -0.137. The van der Waals surface area contributed by atoms with Crippen LogP contribution < -0.4 is 16.1 Å². The average molecular weight is 300 g/mol. The van der Waals surface area contributed by atoms with Gasteiger partial charge in [0, 0.05) is 6.04 Å². The van der Waals surface area contributed by atoms with E-state index in [4.69, 9.17) is 10.6 Å². The van der Waals surface area contributed by atoms with Gasteiger partial charge in [-0.25, -0.2) is 0 Å². The van der Waals surface area contributed by atoms with Crippen LogP contribution in [-0.2, 0) is 11.2 Å². The van der Waals surface area contributed by atoms with Gasteiger partial charge in [-0.2, -0.15) is 5.48 Å². The van der Waals surface area contributed by atoms with Crippen LogP contribution in [0.1, 0.15) is 12.0 Å². The molecular weight excluding hydrogens is 280 g/mol. The summed E-state index contributed by atoms with van der Waals surface area (Å²) in [5.41, 5.74) is 9.19. The quantitative estimate of drug-likeness (QED) is 0.675. The van der Waals surface area contributed by atoms with E-state index in [0.29, 0.717) is 18.6 Å². The molecule has 5 nitrogen and oxygen atoms in total. The fraction of sp³-hybridized carbons (Fsp3) is 0.235. The second-order valence-electron chi connectivity index (χ2n) is 5.01. The summed E-state index contributed by atoms with van der Waals surface area (Å²) in [7, 11) is 0. The van der Waals surface area contributed by atoms with E-state index in [2.05, 4.69) is 5.48 Å².